The van der Waals surface area contributed by atoms with Gasteiger partial charge in [-0.25, -0.2) is 0 Å². The van der Waals surface area contributed by atoms with E-state index >= 15 is 0 Å². The second-order valence-corrected chi connectivity index (χ2v) is 5.27. The number of hydrogen-bond acceptors (Lipinski definition) is 3. The quantitative estimate of drug-likeness (QED) is 0.800. The maximum absolute atomic E-state index is 5.28. The molecule has 3 heteroatoms. The van der Waals surface area contributed by atoms with Gasteiger partial charge in [-0.1, -0.05) is 12.1 Å². The van der Waals surface area contributed by atoms with Gasteiger partial charge >= 0.3 is 0 Å². The van der Waals surface area contributed by atoms with Gasteiger partial charge < -0.3 is 15.0 Å². The highest BCUT2D eigenvalue weighted by molar-refractivity contribution is 5.36. The van der Waals surface area contributed by atoms with Gasteiger partial charge in [0.2, 0.25) is 0 Å². The molecule has 0 saturated heterocycles. The maximum Gasteiger partial charge on any atom is 0.121 e. The first-order chi connectivity index (χ1) is 8.69. The summed E-state index contributed by atoms with van der Waals surface area (Å²) < 4.78 is 5.28. The molecular formula is C15H24N2O. The number of nitrogens with one attached hydrogen (secondary N) is 1. The van der Waals surface area contributed by atoms with Gasteiger partial charge in [-0.3, -0.25) is 0 Å². The van der Waals surface area contributed by atoms with Crippen LogP contribution in [0.3, 0.4) is 0 Å². The van der Waals surface area contributed by atoms with Gasteiger partial charge in [-0.15, -0.1) is 0 Å². The number of aryl methyl sites for hydroxylation is 1. The summed E-state index contributed by atoms with van der Waals surface area (Å²) in [5, 5.41) is 3.54. The summed E-state index contributed by atoms with van der Waals surface area (Å²) in [6.07, 6.45) is 2.72. The van der Waals surface area contributed by atoms with E-state index in [1.165, 1.54) is 24.0 Å². The molecule has 1 N–H and O–H groups in total. The minimum Gasteiger partial charge on any atom is -0.496 e. The summed E-state index contributed by atoms with van der Waals surface area (Å²) in [4.78, 5) is 2.36. The van der Waals surface area contributed by atoms with E-state index in [4.69, 9.17) is 4.74 Å². The second-order valence-electron chi connectivity index (χ2n) is 5.27. The van der Waals surface area contributed by atoms with Crippen molar-refractivity contribution in [3.8, 4) is 5.75 Å². The van der Waals surface area contributed by atoms with Crippen molar-refractivity contribution < 1.29 is 4.74 Å². The molecule has 1 aromatic rings. The summed E-state index contributed by atoms with van der Waals surface area (Å²) >= 11 is 0. The van der Waals surface area contributed by atoms with Crippen molar-refractivity contribution in [1.82, 2.24) is 10.2 Å². The molecule has 1 saturated carbocycles. The van der Waals surface area contributed by atoms with E-state index in [0.717, 1.165) is 31.4 Å². The molecule has 0 unspecified atom stereocenters. The van der Waals surface area contributed by atoms with Gasteiger partial charge in [0.25, 0.3) is 0 Å². The fourth-order valence-electron chi connectivity index (χ4n) is 2.18. The lowest BCUT2D eigenvalue weighted by Crippen LogP contribution is -2.30. The molecule has 1 fully saturated rings. The average Bonchev–Trinajstić information content (AvgIpc) is 3.13. The smallest absolute Gasteiger partial charge is 0.121 e. The Morgan fingerprint density at radius 2 is 2.17 bits per heavy atom. The molecule has 0 aliphatic heterocycles. The van der Waals surface area contributed by atoms with E-state index in [-0.39, 0.29) is 0 Å². The number of nitrogens with zero attached hydrogens (tertiary/aromatic N) is 1. The number of ether oxygens (including phenoxy) is 1. The van der Waals surface area contributed by atoms with E-state index in [1.807, 2.05) is 0 Å². The molecule has 1 aromatic carbocycles. The van der Waals surface area contributed by atoms with Crippen LogP contribution in [-0.2, 0) is 6.54 Å². The van der Waals surface area contributed by atoms with Crippen LogP contribution in [0, 0.1) is 6.92 Å². The Kier molecular flexibility index (Phi) is 4.61. The van der Waals surface area contributed by atoms with Gasteiger partial charge in [0.05, 0.1) is 7.11 Å². The van der Waals surface area contributed by atoms with Crippen molar-refractivity contribution in [2.24, 2.45) is 0 Å². The normalized spacial score (nSPS) is 15.1. The lowest BCUT2D eigenvalue weighted by molar-refractivity contribution is 0.323. The summed E-state index contributed by atoms with van der Waals surface area (Å²) in [7, 11) is 3.89. The van der Waals surface area contributed by atoms with Gasteiger partial charge in [0.15, 0.2) is 0 Å². The Hall–Kier alpha value is -1.06. The molecular weight excluding hydrogens is 224 g/mol. The standard InChI is InChI=1S/C15H24N2O/c1-12-10-13(4-7-15(12)18-3)11-17(2)9-8-16-14-5-6-14/h4,7,10,14,16H,5-6,8-9,11H2,1-3H3. The highest BCUT2D eigenvalue weighted by Crippen LogP contribution is 2.19. The largest absolute Gasteiger partial charge is 0.496 e. The van der Waals surface area contributed by atoms with Crippen LogP contribution in [0.1, 0.15) is 24.0 Å². The van der Waals surface area contributed by atoms with E-state index in [9.17, 15) is 0 Å². The molecule has 0 bridgehead atoms. The predicted molar refractivity (Wildman–Crippen MR) is 75.1 cm³/mol. The fraction of sp³-hybridized carbons (Fsp3) is 0.600. The van der Waals surface area contributed by atoms with Crippen LogP contribution in [0.4, 0.5) is 0 Å². The molecule has 3 nitrogen and oxygen atoms in total. The number of hydrogen-bond donors (Lipinski definition) is 1. The maximum atomic E-state index is 5.28. The van der Waals surface area contributed by atoms with Gasteiger partial charge in [-0.2, -0.15) is 0 Å². The minimum atomic E-state index is 0.807. The second kappa shape index (κ2) is 6.21. The Morgan fingerprint density at radius 3 is 2.78 bits per heavy atom. The first-order valence-corrected chi connectivity index (χ1v) is 6.74. The minimum absolute atomic E-state index is 0.807. The highest BCUT2D eigenvalue weighted by Gasteiger charge is 2.19. The van der Waals surface area contributed by atoms with E-state index in [0.29, 0.717) is 0 Å². The number of benzene rings is 1. The SMILES string of the molecule is COc1ccc(CN(C)CCNC2CC2)cc1C. The van der Waals surface area contributed by atoms with Crippen molar-refractivity contribution in [1.29, 1.82) is 0 Å². The van der Waals surface area contributed by atoms with Crippen LogP contribution < -0.4 is 10.1 Å². The third kappa shape index (κ3) is 4.00. The Labute approximate surface area is 110 Å². The van der Waals surface area contributed by atoms with Crippen LogP contribution >= 0.6 is 0 Å². The van der Waals surface area contributed by atoms with Crippen molar-refractivity contribution in [2.75, 3.05) is 27.2 Å². The molecule has 0 atom stereocenters. The fourth-order valence-corrected chi connectivity index (χ4v) is 2.18. The van der Waals surface area contributed by atoms with Gasteiger partial charge in [0, 0.05) is 25.7 Å². The van der Waals surface area contributed by atoms with Crippen molar-refractivity contribution >= 4 is 0 Å². The molecule has 0 heterocycles. The zero-order valence-electron chi connectivity index (χ0n) is 11.7. The highest BCUT2D eigenvalue weighted by atomic mass is 16.5. The van der Waals surface area contributed by atoms with Crippen molar-refractivity contribution in [3.05, 3.63) is 29.3 Å². The Morgan fingerprint density at radius 1 is 1.39 bits per heavy atom. The van der Waals surface area contributed by atoms with Crippen molar-refractivity contribution in [3.63, 3.8) is 0 Å². The van der Waals surface area contributed by atoms with Crippen LogP contribution in [0.2, 0.25) is 0 Å². The third-order valence-corrected chi connectivity index (χ3v) is 3.42. The third-order valence-electron chi connectivity index (χ3n) is 3.42. The topological polar surface area (TPSA) is 24.5 Å². The van der Waals surface area contributed by atoms with Crippen molar-refractivity contribution in [2.45, 2.75) is 32.4 Å². The zero-order chi connectivity index (χ0) is 13.0. The Balaban J connectivity index is 1.78. The molecule has 100 valence electrons. The molecule has 2 rings (SSSR count). The van der Waals surface area contributed by atoms with Gasteiger partial charge in [0.1, 0.15) is 5.75 Å². The molecule has 0 radical (unpaired) electrons. The van der Waals surface area contributed by atoms with Crippen LogP contribution in [0.25, 0.3) is 0 Å². The number of likely N-dealkylation sites (N-methyl/N-ethyl adjacent to an activating group) is 1. The molecule has 0 spiro atoms. The van der Waals surface area contributed by atoms with E-state index in [2.05, 4.69) is 42.4 Å². The zero-order valence-corrected chi connectivity index (χ0v) is 11.7. The molecule has 1 aliphatic rings. The summed E-state index contributed by atoms with van der Waals surface area (Å²) in [5.41, 5.74) is 2.56. The predicted octanol–water partition coefficient (Wildman–Crippen LogP) is 2.19. The van der Waals surface area contributed by atoms with E-state index in [1.54, 1.807) is 7.11 Å². The van der Waals surface area contributed by atoms with Crippen LogP contribution in [-0.4, -0.2) is 38.2 Å². The Bertz CT molecular complexity index is 388. The lowest BCUT2D eigenvalue weighted by Gasteiger charge is -2.17. The van der Waals surface area contributed by atoms with Crippen LogP contribution in [0.15, 0.2) is 18.2 Å². The average molecular weight is 248 g/mol. The first-order valence-electron chi connectivity index (χ1n) is 6.74. The summed E-state index contributed by atoms with van der Waals surface area (Å²) in [6.45, 7) is 5.28. The lowest BCUT2D eigenvalue weighted by atomic mass is 10.1. The summed E-state index contributed by atoms with van der Waals surface area (Å²) in [5.74, 6) is 0.969. The van der Waals surface area contributed by atoms with E-state index < -0.39 is 0 Å². The summed E-state index contributed by atoms with van der Waals surface area (Å²) in [6, 6.07) is 7.22. The molecule has 0 aromatic heterocycles. The van der Waals surface area contributed by atoms with Crippen LogP contribution in [0.5, 0.6) is 5.75 Å². The number of methoxy groups -OCH3 is 1. The number of rotatable bonds is 7. The first kappa shape index (κ1) is 13.4. The molecule has 0 amide bonds. The monoisotopic (exact) mass is 248 g/mol. The molecule has 1 aliphatic carbocycles. The molecule has 18 heavy (non-hydrogen) atoms. The van der Waals surface area contributed by atoms with Gasteiger partial charge in [-0.05, 0) is 44.0 Å².